The monoisotopic (exact) mass is 379 g/mol. The van der Waals surface area contributed by atoms with Crippen LogP contribution in [-0.2, 0) is 32.7 Å². The molecule has 0 amide bonds. The van der Waals surface area contributed by atoms with Crippen LogP contribution >= 0.6 is 0 Å². The molecule has 2 aromatic heterocycles. The van der Waals surface area contributed by atoms with Gasteiger partial charge in [0.05, 0.1) is 0 Å². The Balaban J connectivity index is 1.30. The molecule has 5 rings (SSSR count). The second-order valence-corrected chi connectivity index (χ2v) is 8.02. The van der Waals surface area contributed by atoms with Crippen LogP contribution < -0.4 is 0 Å². The highest BCUT2D eigenvalue weighted by Gasteiger charge is 2.08. The first kappa shape index (κ1) is 17.9. The lowest BCUT2D eigenvalue weighted by atomic mass is 10.0. The van der Waals surface area contributed by atoms with Gasteiger partial charge in [0.2, 0.25) is 0 Å². The van der Waals surface area contributed by atoms with Crippen LogP contribution in [0.4, 0.5) is 0 Å². The van der Waals surface area contributed by atoms with Crippen molar-refractivity contribution in [2.75, 3.05) is 0 Å². The summed E-state index contributed by atoms with van der Waals surface area (Å²) in [5.41, 5.74) is 9.08. The van der Waals surface area contributed by atoms with E-state index in [9.17, 15) is 0 Å². The van der Waals surface area contributed by atoms with E-state index in [1.807, 2.05) is 12.3 Å². The van der Waals surface area contributed by atoms with Crippen molar-refractivity contribution in [3.05, 3.63) is 100 Å². The number of fused-ring (bicyclic) bond motifs is 2. The van der Waals surface area contributed by atoms with Crippen molar-refractivity contribution < 1.29 is 0 Å². The van der Waals surface area contributed by atoms with Gasteiger partial charge >= 0.3 is 0 Å². The van der Waals surface area contributed by atoms with Crippen LogP contribution in [0.25, 0.3) is 17.0 Å². The number of rotatable bonds is 5. The van der Waals surface area contributed by atoms with Crippen molar-refractivity contribution in [1.82, 2.24) is 14.5 Å². The smallest absolute Gasteiger partial charge is 0.128 e. The second kappa shape index (κ2) is 7.32. The zero-order valence-electron chi connectivity index (χ0n) is 17.0. The number of allylic oxidation sites excluding steroid dienone is 1. The fourth-order valence-corrected chi connectivity index (χ4v) is 4.23. The number of hydrogen-bond acceptors (Lipinski definition) is 2. The molecule has 144 valence electrons. The quantitative estimate of drug-likeness (QED) is 0.476. The van der Waals surface area contributed by atoms with Gasteiger partial charge in [0, 0.05) is 48.4 Å². The Morgan fingerprint density at radius 1 is 0.966 bits per heavy atom. The highest BCUT2D eigenvalue weighted by Crippen LogP contribution is 2.22. The van der Waals surface area contributed by atoms with Gasteiger partial charge in [-0.1, -0.05) is 36.4 Å². The van der Waals surface area contributed by atoms with E-state index >= 15 is 0 Å². The maximum Gasteiger partial charge on any atom is 0.128 e. The zero-order valence-corrected chi connectivity index (χ0v) is 17.0. The topological polar surface area (TPSA) is 30.7 Å². The summed E-state index contributed by atoms with van der Waals surface area (Å²) in [7, 11) is 2.12. The van der Waals surface area contributed by atoms with E-state index in [1.165, 1.54) is 38.9 Å². The maximum absolute atomic E-state index is 4.83. The molecule has 1 aliphatic rings. The first-order chi connectivity index (χ1) is 14.2. The molecular weight excluding hydrogens is 354 g/mol. The lowest BCUT2D eigenvalue weighted by Gasteiger charge is -2.07. The van der Waals surface area contributed by atoms with Crippen LogP contribution in [0.3, 0.4) is 0 Å². The molecule has 0 aliphatic heterocycles. The van der Waals surface area contributed by atoms with E-state index < -0.39 is 0 Å². The van der Waals surface area contributed by atoms with Gasteiger partial charge in [-0.2, -0.15) is 0 Å². The van der Waals surface area contributed by atoms with E-state index in [4.69, 9.17) is 4.98 Å². The average molecular weight is 380 g/mol. The van der Waals surface area contributed by atoms with Crippen LogP contribution in [0.2, 0.25) is 0 Å². The molecule has 2 aromatic carbocycles. The molecule has 0 spiro atoms. The summed E-state index contributed by atoms with van der Waals surface area (Å²) in [5.74, 6) is 0.926. The van der Waals surface area contributed by atoms with Gasteiger partial charge in [0.1, 0.15) is 5.82 Å². The maximum atomic E-state index is 4.83. The Morgan fingerprint density at radius 3 is 2.79 bits per heavy atom. The van der Waals surface area contributed by atoms with Crippen molar-refractivity contribution in [3.8, 4) is 0 Å². The molecule has 0 atom stereocenters. The largest absolute Gasteiger partial charge is 0.348 e. The number of benzene rings is 2. The molecule has 29 heavy (non-hydrogen) atoms. The van der Waals surface area contributed by atoms with Crippen molar-refractivity contribution in [2.45, 2.75) is 32.6 Å². The normalized spacial score (nSPS) is 12.6. The van der Waals surface area contributed by atoms with Gasteiger partial charge in [-0.15, -0.1) is 0 Å². The average Bonchev–Trinajstić information content (AvgIpc) is 3.30. The lowest BCUT2D eigenvalue weighted by molar-refractivity contribution is 0.836. The first-order valence-corrected chi connectivity index (χ1v) is 10.3. The van der Waals surface area contributed by atoms with Crippen molar-refractivity contribution in [2.24, 2.45) is 7.05 Å². The molecule has 0 saturated heterocycles. The van der Waals surface area contributed by atoms with E-state index in [2.05, 4.69) is 78.1 Å². The van der Waals surface area contributed by atoms with Crippen LogP contribution in [0, 0.1) is 6.92 Å². The van der Waals surface area contributed by atoms with Crippen LogP contribution in [-0.4, -0.2) is 14.5 Å². The summed E-state index contributed by atoms with van der Waals surface area (Å²) in [4.78, 5) is 9.33. The van der Waals surface area contributed by atoms with Crippen molar-refractivity contribution in [1.29, 1.82) is 0 Å². The van der Waals surface area contributed by atoms with E-state index in [0.717, 1.165) is 37.2 Å². The van der Waals surface area contributed by atoms with Gasteiger partial charge in [-0.05, 0) is 66.3 Å². The highest BCUT2D eigenvalue weighted by atomic mass is 14.9. The Kier molecular flexibility index (Phi) is 4.51. The summed E-state index contributed by atoms with van der Waals surface area (Å²) in [5, 5.41) is 1.29. The van der Waals surface area contributed by atoms with Gasteiger partial charge < -0.3 is 4.57 Å². The third-order valence-electron chi connectivity index (χ3n) is 5.98. The molecular formula is C26H25N3. The van der Waals surface area contributed by atoms with Gasteiger partial charge in [-0.3, -0.25) is 0 Å². The molecule has 4 aromatic rings. The first-order valence-electron chi connectivity index (χ1n) is 10.3. The van der Waals surface area contributed by atoms with Crippen LogP contribution in [0.5, 0.6) is 0 Å². The Morgan fingerprint density at radius 2 is 1.86 bits per heavy atom. The molecule has 2 heterocycles. The zero-order chi connectivity index (χ0) is 19.8. The third kappa shape index (κ3) is 3.61. The highest BCUT2D eigenvalue weighted by molar-refractivity contribution is 5.82. The van der Waals surface area contributed by atoms with E-state index in [-0.39, 0.29) is 0 Å². The Hall–Kier alpha value is -3.20. The summed E-state index contributed by atoms with van der Waals surface area (Å²) in [6.45, 7) is 2.15. The van der Waals surface area contributed by atoms with Gasteiger partial charge in [0.25, 0.3) is 0 Å². The molecule has 0 saturated carbocycles. The van der Waals surface area contributed by atoms with Gasteiger partial charge in [0.15, 0.2) is 0 Å². The number of nitrogens with zero attached hydrogens (tertiary/aromatic N) is 3. The summed E-state index contributed by atoms with van der Waals surface area (Å²) < 4.78 is 2.23. The second-order valence-electron chi connectivity index (χ2n) is 8.02. The fraction of sp³-hybridized carbons (Fsp3) is 0.231. The van der Waals surface area contributed by atoms with E-state index in [0.29, 0.717) is 0 Å². The van der Waals surface area contributed by atoms with Crippen LogP contribution in [0.15, 0.2) is 60.8 Å². The standard InChI is InChI=1S/C26H25N3/c1-18-14-23-16-20(7-10-25(23)29(18)2)17-24-12-13-27-26(28-24)11-8-19-6-9-21-4-3-5-22(21)15-19/h3,5-7,9-10,12-16H,4,8,11,17H2,1-2H3. The van der Waals surface area contributed by atoms with Gasteiger partial charge in [-0.25, -0.2) is 9.97 Å². The number of aromatic nitrogens is 3. The third-order valence-corrected chi connectivity index (χ3v) is 5.98. The minimum Gasteiger partial charge on any atom is -0.348 e. The predicted octanol–water partition coefficient (Wildman–Crippen LogP) is 5.22. The lowest BCUT2D eigenvalue weighted by Crippen LogP contribution is -2.02. The Bertz CT molecular complexity index is 1230. The molecule has 0 N–H and O–H groups in total. The predicted molar refractivity (Wildman–Crippen MR) is 119 cm³/mol. The number of hydrogen-bond donors (Lipinski definition) is 0. The SMILES string of the molecule is Cc1cc2cc(Cc3ccnc(CCc4ccc5c(c4)C=CC5)n3)ccc2n1C. The van der Waals surface area contributed by atoms with E-state index in [1.54, 1.807) is 0 Å². The minimum absolute atomic E-state index is 0.836. The summed E-state index contributed by atoms with van der Waals surface area (Å²) in [6.07, 6.45) is 10.1. The van der Waals surface area contributed by atoms with Crippen LogP contribution in [0.1, 0.15) is 39.5 Å². The molecule has 0 unspecified atom stereocenters. The number of aryl methyl sites for hydroxylation is 4. The molecule has 0 bridgehead atoms. The molecule has 3 nitrogen and oxygen atoms in total. The summed E-state index contributed by atoms with van der Waals surface area (Å²) in [6, 6.07) is 17.8. The Labute approximate surface area is 171 Å². The minimum atomic E-state index is 0.836. The molecule has 3 heteroatoms. The molecule has 0 fully saturated rings. The van der Waals surface area contributed by atoms with Crippen molar-refractivity contribution in [3.63, 3.8) is 0 Å². The van der Waals surface area contributed by atoms with Crippen molar-refractivity contribution >= 4 is 17.0 Å². The summed E-state index contributed by atoms with van der Waals surface area (Å²) >= 11 is 0. The molecule has 1 aliphatic carbocycles. The fourth-order valence-electron chi connectivity index (χ4n) is 4.23. The molecule has 0 radical (unpaired) electrons.